The minimum absolute atomic E-state index is 0.150. The summed E-state index contributed by atoms with van der Waals surface area (Å²) in [5.74, 6) is -0.464. The van der Waals surface area contributed by atoms with Gasteiger partial charge in [-0.25, -0.2) is 9.78 Å². The third-order valence-corrected chi connectivity index (χ3v) is 2.94. The Morgan fingerprint density at radius 2 is 2.12 bits per heavy atom. The number of urea groups is 1. The first-order valence-corrected chi connectivity index (χ1v) is 5.99. The predicted molar refractivity (Wildman–Crippen MR) is 65.2 cm³/mol. The second kappa shape index (κ2) is 6.19. The monoisotopic (exact) mass is 257 g/mol. The van der Waals surface area contributed by atoms with Crippen LogP contribution in [-0.4, -0.2) is 30.1 Å². The Labute approximate surface area is 103 Å². The van der Waals surface area contributed by atoms with Crippen LogP contribution in [0.5, 0.6) is 0 Å². The van der Waals surface area contributed by atoms with Crippen molar-refractivity contribution in [2.45, 2.75) is 20.8 Å². The van der Waals surface area contributed by atoms with E-state index in [1.807, 2.05) is 13.8 Å². The second-order valence-electron chi connectivity index (χ2n) is 3.27. The van der Waals surface area contributed by atoms with E-state index in [1.54, 1.807) is 6.92 Å². The molecule has 0 spiro atoms. The number of esters is 1. The summed E-state index contributed by atoms with van der Waals surface area (Å²) in [6.45, 7) is 5.65. The van der Waals surface area contributed by atoms with Gasteiger partial charge in [-0.3, -0.25) is 10.1 Å². The highest BCUT2D eigenvalue weighted by molar-refractivity contribution is 7.15. The average Bonchev–Trinajstić information content (AvgIpc) is 2.55. The lowest BCUT2D eigenvalue weighted by Gasteiger charge is -2.04. The molecule has 0 atom stereocenters. The number of anilines is 1. The van der Waals surface area contributed by atoms with Crippen LogP contribution in [0.4, 0.5) is 9.93 Å². The fourth-order valence-electron chi connectivity index (χ4n) is 1.03. The van der Waals surface area contributed by atoms with E-state index in [0.717, 1.165) is 10.6 Å². The van der Waals surface area contributed by atoms with Crippen LogP contribution in [0, 0.1) is 13.8 Å². The molecule has 94 valence electrons. The number of amides is 2. The van der Waals surface area contributed by atoms with E-state index < -0.39 is 12.0 Å². The Bertz CT molecular complexity index is 397. The highest BCUT2D eigenvalue weighted by Crippen LogP contribution is 2.20. The molecule has 1 aromatic rings. The van der Waals surface area contributed by atoms with Crippen LogP contribution in [0.1, 0.15) is 17.5 Å². The number of rotatable bonds is 4. The molecule has 0 unspecified atom stereocenters. The molecule has 0 aliphatic carbocycles. The number of carbonyl (C=O) groups excluding carboxylic acids is 2. The van der Waals surface area contributed by atoms with Crippen LogP contribution in [0.15, 0.2) is 0 Å². The number of hydrogen-bond donors (Lipinski definition) is 2. The number of nitrogens with one attached hydrogen (secondary N) is 2. The summed E-state index contributed by atoms with van der Waals surface area (Å²) in [5, 5.41) is 5.45. The van der Waals surface area contributed by atoms with Gasteiger partial charge in [0.1, 0.15) is 6.54 Å². The molecule has 1 rings (SSSR count). The summed E-state index contributed by atoms with van der Waals surface area (Å²) in [4.78, 5) is 27.5. The topological polar surface area (TPSA) is 80.3 Å². The lowest BCUT2D eigenvalue weighted by Crippen LogP contribution is -2.34. The Morgan fingerprint density at radius 3 is 2.65 bits per heavy atom. The van der Waals surface area contributed by atoms with Crippen molar-refractivity contribution in [2.75, 3.05) is 18.5 Å². The largest absolute Gasteiger partial charge is 0.465 e. The summed E-state index contributed by atoms with van der Waals surface area (Å²) in [6, 6.07) is -0.466. The van der Waals surface area contributed by atoms with E-state index in [1.165, 1.54) is 11.3 Å². The van der Waals surface area contributed by atoms with Crippen molar-refractivity contribution in [1.82, 2.24) is 10.3 Å². The van der Waals surface area contributed by atoms with Crippen LogP contribution in [0.3, 0.4) is 0 Å². The maximum absolute atomic E-state index is 11.4. The first kappa shape index (κ1) is 13.4. The SMILES string of the molecule is CCOC(=O)CNC(=O)Nc1nc(C)c(C)s1. The highest BCUT2D eigenvalue weighted by Gasteiger charge is 2.09. The minimum Gasteiger partial charge on any atom is -0.465 e. The number of thiazole rings is 1. The third-order valence-electron chi connectivity index (χ3n) is 1.95. The third kappa shape index (κ3) is 4.39. The van der Waals surface area contributed by atoms with Gasteiger partial charge in [0.05, 0.1) is 12.3 Å². The maximum atomic E-state index is 11.4. The van der Waals surface area contributed by atoms with Crippen LogP contribution in [0.25, 0.3) is 0 Å². The van der Waals surface area contributed by atoms with Gasteiger partial charge in [0, 0.05) is 4.88 Å². The van der Waals surface area contributed by atoms with Crippen molar-refractivity contribution in [3.63, 3.8) is 0 Å². The van der Waals surface area contributed by atoms with Crippen molar-refractivity contribution in [1.29, 1.82) is 0 Å². The molecule has 0 fully saturated rings. The number of ether oxygens (including phenoxy) is 1. The highest BCUT2D eigenvalue weighted by atomic mass is 32.1. The Kier molecular flexibility index (Phi) is 4.89. The van der Waals surface area contributed by atoms with E-state index in [-0.39, 0.29) is 6.54 Å². The number of aryl methyl sites for hydroxylation is 2. The summed E-state index contributed by atoms with van der Waals surface area (Å²) in [6.07, 6.45) is 0. The predicted octanol–water partition coefficient (Wildman–Crippen LogP) is 1.44. The molecule has 0 aliphatic rings. The fourth-order valence-corrected chi connectivity index (χ4v) is 1.84. The average molecular weight is 257 g/mol. The van der Waals surface area contributed by atoms with Gasteiger partial charge in [0.2, 0.25) is 0 Å². The zero-order chi connectivity index (χ0) is 12.8. The molecular formula is C10H15N3O3S. The van der Waals surface area contributed by atoms with E-state index in [2.05, 4.69) is 20.4 Å². The maximum Gasteiger partial charge on any atom is 0.325 e. The molecule has 2 amide bonds. The Morgan fingerprint density at radius 1 is 1.41 bits per heavy atom. The number of hydrogen-bond acceptors (Lipinski definition) is 5. The van der Waals surface area contributed by atoms with Gasteiger partial charge in [-0.2, -0.15) is 0 Å². The first-order chi connectivity index (χ1) is 8.02. The second-order valence-corrected chi connectivity index (χ2v) is 4.48. The zero-order valence-electron chi connectivity index (χ0n) is 9.99. The quantitative estimate of drug-likeness (QED) is 0.800. The molecular weight excluding hydrogens is 242 g/mol. The molecule has 17 heavy (non-hydrogen) atoms. The molecule has 0 radical (unpaired) electrons. The van der Waals surface area contributed by atoms with Crippen LogP contribution in [-0.2, 0) is 9.53 Å². The number of nitrogens with zero attached hydrogens (tertiary/aromatic N) is 1. The lowest BCUT2D eigenvalue weighted by atomic mass is 10.4. The van der Waals surface area contributed by atoms with Crippen LogP contribution >= 0.6 is 11.3 Å². The van der Waals surface area contributed by atoms with Crippen molar-refractivity contribution in [2.24, 2.45) is 0 Å². The fraction of sp³-hybridized carbons (Fsp3) is 0.500. The molecule has 0 saturated heterocycles. The summed E-state index contributed by atoms with van der Waals surface area (Å²) in [7, 11) is 0. The summed E-state index contributed by atoms with van der Waals surface area (Å²) >= 11 is 1.39. The van der Waals surface area contributed by atoms with E-state index >= 15 is 0 Å². The molecule has 0 bridgehead atoms. The van der Waals surface area contributed by atoms with Gasteiger partial charge < -0.3 is 10.1 Å². The molecule has 1 heterocycles. The van der Waals surface area contributed by atoms with Crippen molar-refractivity contribution >= 4 is 28.5 Å². The number of aromatic nitrogens is 1. The summed E-state index contributed by atoms with van der Waals surface area (Å²) < 4.78 is 4.67. The minimum atomic E-state index is -0.466. The summed E-state index contributed by atoms with van der Waals surface area (Å²) in [5.41, 5.74) is 0.885. The van der Waals surface area contributed by atoms with E-state index in [0.29, 0.717) is 11.7 Å². The lowest BCUT2D eigenvalue weighted by molar-refractivity contribution is -0.141. The molecule has 2 N–H and O–H groups in total. The van der Waals surface area contributed by atoms with Crippen LogP contribution in [0.2, 0.25) is 0 Å². The van der Waals surface area contributed by atoms with Crippen molar-refractivity contribution in [3.8, 4) is 0 Å². The standard InChI is InChI=1S/C10H15N3O3S/c1-4-16-8(14)5-11-9(15)13-10-12-6(2)7(3)17-10/h4-5H2,1-3H3,(H2,11,12,13,15). The van der Waals surface area contributed by atoms with Gasteiger partial charge in [-0.1, -0.05) is 0 Å². The number of carbonyl (C=O) groups is 2. The van der Waals surface area contributed by atoms with E-state index in [4.69, 9.17) is 0 Å². The smallest absolute Gasteiger partial charge is 0.325 e. The molecule has 0 saturated carbocycles. The first-order valence-electron chi connectivity index (χ1n) is 5.17. The zero-order valence-corrected chi connectivity index (χ0v) is 10.8. The van der Waals surface area contributed by atoms with Gasteiger partial charge in [-0.05, 0) is 20.8 Å². The Balaban J connectivity index is 2.37. The van der Waals surface area contributed by atoms with Gasteiger partial charge >= 0.3 is 12.0 Å². The molecule has 1 aromatic heterocycles. The van der Waals surface area contributed by atoms with Crippen LogP contribution < -0.4 is 10.6 Å². The van der Waals surface area contributed by atoms with Gasteiger partial charge in [-0.15, -0.1) is 11.3 Å². The normalized spacial score (nSPS) is 9.82. The van der Waals surface area contributed by atoms with E-state index in [9.17, 15) is 9.59 Å². The molecule has 6 nitrogen and oxygen atoms in total. The molecule has 0 aromatic carbocycles. The van der Waals surface area contributed by atoms with Crippen molar-refractivity contribution < 1.29 is 14.3 Å². The molecule has 7 heteroatoms. The van der Waals surface area contributed by atoms with Gasteiger partial charge in [0.15, 0.2) is 5.13 Å². The Hall–Kier alpha value is -1.63. The molecule has 0 aliphatic heterocycles. The van der Waals surface area contributed by atoms with Crippen molar-refractivity contribution in [3.05, 3.63) is 10.6 Å². The van der Waals surface area contributed by atoms with Gasteiger partial charge in [0.25, 0.3) is 0 Å².